The predicted octanol–water partition coefficient (Wildman–Crippen LogP) is 4.16. The fourth-order valence-electron chi connectivity index (χ4n) is 6.20. The Morgan fingerprint density at radius 1 is 1.09 bits per heavy atom. The van der Waals surface area contributed by atoms with Crippen molar-refractivity contribution in [2.45, 2.75) is 57.0 Å². The molecule has 7 heteroatoms. The largest absolute Gasteiger partial charge is 0.481 e. The molecule has 2 amide bonds. The average Bonchev–Trinajstić information content (AvgIpc) is 3.48. The molecule has 178 valence electrons. The Balaban J connectivity index is 1.16. The van der Waals surface area contributed by atoms with E-state index in [0.717, 1.165) is 24.0 Å². The van der Waals surface area contributed by atoms with Crippen molar-refractivity contribution in [2.24, 2.45) is 5.41 Å². The first-order chi connectivity index (χ1) is 16.4. The van der Waals surface area contributed by atoms with E-state index in [1.165, 1.54) is 11.1 Å². The summed E-state index contributed by atoms with van der Waals surface area (Å²) in [6.07, 6.45) is 2.26. The minimum Gasteiger partial charge on any atom is -0.481 e. The number of likely N-dealkylation sites (tertiary alicyclic amines) is 1. The van der Waals surface area contributed by atoms with Crippen LogP contribution in [-0.4, -0.2) is 53.2 Å². The molecule has 1 saturated carbocycles. The molecule has 0 radical (unpaired) electrons. The summed E-state index contributed by atoms with van der Waals surface area (Å²) in [5, 5.41) is 12.5. The molecule has 0 bridgehead atoms. The molecular weight excluding hydrogens is 432 g/mol. The third kappa shape index (κ3) is 3.73. The highest BCUT2D eigenvalue weighted by Crippen LogP contribution is 2.49. The molecule has 0 aromatic heterocycles. The smallest absolute Gasteiger partial charge is 0.407 e. The summed E-state index contributed by atoms with van der Waals surface area (Å²) in [4.78, 5) is 39.0. The maximum atomic E-state index is 12.9. The summed E-state index contributed by atoms with van der Waals surface area (Å²) in [6, 6.07) is 15.7. The number of fused-ring (bicyclic) bond motifs is 4. The average molecular weight is 463 g/mol. The number of rotatable bonds is 6. The zero-order valence-corrected chi connectivity index (χ0v) is 19.3. The number of aliphatic carboxylic acids is 1. The van der Waals surface area contributed by atoms with Gasteiger partial charge in [0, 0.05) is 31.0 Å². The van der Waals surface area contributed by atoms with Crippen molar-refractivity contribution < 1.29 is 24.2 Å². The van der Waals surface area contributed by atoms with Gasteiger partial charge in [0.25, 0.3) is 0 Å². The lowest BCUT2D eigenvalue weighted by atomic mass is 9.82. The van der Waals surface area contributed by atoms with Gasteiger partial charge in [0.05, 0.1) is 5.41 Å². The lowest BCUT2D eigenvalue weighted by Gasteiger charge is -2.29. The molecule has 5 rings (SSSR count). The van der Waals surface area contributed by atoms with Crippen LogP contribution in [0.2, 0.25) is 0 Å². The van der Waals surface area contributed by atoms with Crippen molar-refractivity contribution in [3.05, 3.63) is 59.7 Å². The molecule has 2 N–H and O–H groups in total. The van der Waals surface area contributed by atoms with Gasteiger partial charge in [-0.1, -0.05) is 55.0 Å². The predicted molar refractivity (Wildman–Crippen MR) is 126 cm³/mol. The molecule has 1 saturated heterocycles. The van der Waals surface area contributed by atoms with Gasteiger partial charge in [-0.15, -0.1) is 0 Å². The van der Waals surface area contributed by atoms with Gasteiger partial charge in [0.1, 0.15) is 6.61 Å². The van der Waals surface area contributed by atoms with E-state index in [9.17, 15) is 19.5 Å². The van der Waals surface area contributed by atoms with Crippen molar-refractivity contribution in [1.29, 1.82) is 0 Å². The Kier molecular flexibility index (Phi) is 5.80. The van der Waals surface area contributed by atoms with Gasteiger partial charge < -0.3 is 20.1 Å². The summed E-state index contributed by atoms with van der Waals surface area (Å²) in [7, 11) is 0. The third-order valence-electron chi connectivity index (χ3n) is 7.85. The normalized spacial score (nSPS) is 23.7. The maximum absolute atomic E-state index is 12.9. The zero-order valence-electron chi connectivity index (χ0n) is 19.3. The van der Waals surface area contributed by atoms with Gasteiger partial charge in [0.2, 0.25) is 5.91 Å². The van der Waals surface area contributed by atoms with E-state index in [2.05, 4.69) is 29.6 Å². The summed E-state index contributed by atoms with van der Waals surface area (Å²) in [5.41, 5.74) is 3.83. The van der Waals surface area contributed by atoms with Crippen molar-refractivity contribution in [1.82, 2.24) is 10.2 Å². The van der Waals surface area contributed by atoms with Crippen LogP contribution >= 0.6 is 0 Å². The van der Waals surface area contributed by atoms with Crippen LogP contribution in [-0.2, 0) is 14.3 Å². The Morgan fingerprint density at radius 3 is 2.38 bits per heavy atom. The molecule has 34 heavy (non-hydrogen) atoms. The quantitative estimate of drug-likeness (QED) is 0.672. The van der Waals surface area contributed by atoms with Crippen molar-refractivity contribution in [2.75, 3.05) is 13.2 Å². The van der Waals surface area contributed by atoms with Gasteiger partial charge in [-0.25, -0.2) is 4.79 Å². The van der Waals surface area contributed by atoms with E-state index in [4.69, 9.17) is 4.74 Å². The molecule has 3 atom stereocenters. The lowest BCUT2D eigenvalue weighted by Crippen LogP contribution is -2.45. The van der Waals surface area contributed by atoms with Gasteiger partial charge in [0.15, 0.2) is 0 Å². The summed E-state index contributed by atoms with van der Waals surface area (Å²) < 4.78 is 5.58. The van der Waals surface area contributed by atoms with Gasteiger partial charge in [-0.2, -0.15) is 0 Å². The van der Waals surface area contributed by atoms with Crippen LogP contribution < -0.4 is 5.32 Å². The summed E-state index contributed by atoms with van der Waals surface area (Å²) in [6.45, 7) is 2.46. The maximum Gasteiger partial charge on any atom is 0.407 e. The van der Waals surface area contributed by atoms with E-state index >= 15 is 0 Å². The summed E-state index contributed by atoms with van der Waals surface area (Å²) in [5.74, 6) is -0.928. The fraction of sp³-hybridized carbons (Fsp3) is 0.444. The molecule has 2 aromatic carbocycles. The zero-order chi connectivity index (χ0) is 23.9. The fourth-order valence-corrected chi connectivity index (χ4v) is 6.20. The monoisotopic (exact) mass is 462 g/mol. The van der Waals surface area contributed by atoms with Crippen LogP contribution in [0, 0.1) is 5.41 Å². The Bertz CT molecular complexity index is 1090. The molecule has 1 heterocycles. The van der Waals surface area contributed by atoms with E-state index in [1.807, 2.05) is 24.3 Å². The second kappa shape index (κ2) is 8.78. The molecular formula is C27H30N2O5. The second-order valence-corrected chi connectivity index (χ2v) is 9.78. The number of hydrogen-bond donors (Lipinski definition) is 2. The molecule has 7 nitrogen and oxygen atoms in total. The standard InChI is InChI=1S/C27H30N2O5/c1-17(15-24(30)29-14-13-27(25(31)32)12-6-11-23(27)29)28-26(33)34-16-22-20-9-4-2-7-18(20)19-8-3-5-10-21(19)22/h2-5,7-10,17,22-23H,6,11-16H2,1H3,(H,28,33)(H,31,32)/t17-,23?,27?/m1/s1. The molecule has 2 fully saturated rings. The van der Waals surface area contributed by atoms with Crippen LogP contribution in [0.25, 0.3) is 11.1 Å². The molecule has 2 unspecified atom stereocenters. The number of amides is 2. The SMILES string of the molecule is C[C@H](CC(=O)N1CCC2(C(=O)O)CCCC12)NC(=O)OCC1c2ccccc2-c2ccccc21. The number of ether oxygens (including phenoxy) is 1. The minimum absolute atomic E-state index is 0.0220. The molecule has 3 aliphatic rings. The number of hydrogen-bond acceptors (Lipinski definition) is 4. The van der Waals surface area contributed by atoms with Crippen LogP contribution in [0.4, 0.5) is 4.79 Å². The number of carboxylic acids is 1. The first-order valence-corrected chi connectivity index (χ1v) is 12.0. The third-order valence-corrected chi connectivity index (χ3v) is 7.85. The van der Waals surface area contributed by atoms with Crippen molar-refractivity contribution in [3.8, 4) is 11.1 Å². The van der Waals surface area contributed by atoms with Gasteiger partial charge in [-0.3, -0.25) is 9.59 Å². The van der Waals surface area contributed by atoms with E-state index in [1.54, 1.807) is 11.8 Å². The van der Waals surface area contributed by atoms with Crippen molar-refractivity contribution >= 4 is 18.0 Å². The Hall–Kier alpha value is -3.35. The van der Waals surface area contributed by atoms with Gasteiger partial charge >= 0.3 is 12.1 Å². The molecule has 2 aliphatic carbocycles. The Morgan fingerprint density at radius 2 is 1.74 bits per heavy atom. The number of carboxylic acid groups (broad SMARTS) is 1. The topological polar surface area (TPSA) is 95.9 Å². The number of benzene rings is 2. The van der Waals surface area contributed by atoms with Gasteiger partial charge in [-0.05, 0) is 48.4 Å². The van der Waals surface area contributed by atoms with Crippen LogP contribution in [0.3, 0.4) is 0 Å². The van der Waals surface area contributed by atoms with Crippen LogP contribution in [0.5, 0.6) is 0 Å². The van der Waals surface area contributed by atoms with E-state index in [0.29, 0.717) is 19.4 Å². The number of nitrogens with one attached hydrogen (secondary N) is 1. The van der Waals surface area contributed by atoms with Crippen LogP contribution in [0.15, 0.2) is 48.5 Å². The highest BCUT2D eigenvalue weighted by molar-refractivity contribution is 5.83. The first-order valence-electron chi connectivity index (χ1n) is 12.0. The molecule has 0 spiro atoms. The highest BCUT2D eigenvalue weighted by atomic mass is 16.5. The first kappa shape index (κ1) is 22.4. The molecule has 2 aromatic rings. The minimum atomic E-state index is -0.796. The number of carbonyl (C=O) groups is 3. The van der Waals surface area contributed by atoms with E-state index in [-0.39, 0.29) is 30.9 Å². The lowest BCUT2D eigenvalue weighted by molar-refractivity contribution is -0.150. The van der Waals surface area contributed by atoms with Crippen LogP contribution in [0.1, 0.15) is 56.1 Å². The van der Waals surface area contributed by atoms with Crippen molar-refractivity contribution in [3.63, 3.8) is 0 Å². The number of carbonyl (C=O) groups excluding carboxylic acids is 2. The van der Waals surface area contributed by atoms with E-state index < -0.39 is 23.5 Å². The summed E-state index contributed by atoms with van der Waals surface area (Å²) >= 11 is 0. The number of nitrogens with zero attached hydrogens (tertiary/aromatic N) is 1. The number of alkyl carbamates (subject to hydrolysis) is 1. The highest BCUT2D eigenvalue weighted by Gasteiger charge is 2.56. The Labute approximate surface area is 199 Å². The second-order valence-electron chi connectivity index (χ2n) is 9.78. The molecule has 1 aliphatic heterocycles.